The van der Waals surface area contributed by atoms with E-state index in [0.29, 0.717) is 17.6 Å². The minimum atomic E-state index is -1.01. The molecule has 184 valence electrons. The molecular formula is C27H26FN5O3. The van der Waals surface area contributed by atoms with Gasteiger partial charge in [-0.3, -0.25) is 14.4 Å². The van der Waals surface area contributed by atoms with Gasteiger partial charge in [-0.25, -0.2) is 4.39 Å². The Balaban J connectivity index is 1.42. The molecule has 3 N–H and O–H groups in total. The van der Waals surface area contributed by atoms with Crippen molar-refractivity contribution in [2.75, 3.05) is 11.9 Å². The van der Waals surface area contributed by atoms with Crippen LogP contribution in [0.4, 0.5) is 10.1 Å². The van der Waals surface area contributed by atoms with Crippen LogP contribution in [0.2, 0.25) is 0 Å². The second-order valence-corrected chi connectivity index (χ2v) is 9.94. The molecule has 1 saturated heterocycles. The average Bonchev–Trinajstić information content (AvgIpc) is 3.53. The van der Waals surface area contributed by atoms with Crippen molar-refractivity contribution in [1.82, 2.24) is 15.2 Å². The zero-order valence-corrected chi connectivity index (χ0v) is 20.0. The van der Waals surface area contributed by atoms with Crippen molar-refractivity contribution in [3.05, 3.63) is 65.6 Å². The van der Waals surface area contributed by atoms with Crippen LogP contribution in [-0.4, -0.2) is 46.2 Å². The molecule has 0 radical (unpaired) electrons. The predicted octanol–water partition coefficient (Wildman–Crippen LogP) is 3.47. The number of H-pyrrole nitrogens is 1. The van der Waals surface area contributed by atoms with Gasteiger partial charge in [0.05, 0.1) is 11.5 Å². The number of hydrogen-bond acceptors (Lipinski definition) is 4. The highest BCUT2D eigenvalue weighted by Gasteiger charge is 2.56. The van der Waals surface area contributed by atoms with Crippen molar-refractivity contribution >= 4 is 34.3 Å². The standard InChI is InChI=1S/C27H26FN5O3/c1-15(2)10-23(31-24(34)22-11-17-19(28)7-5-9-20(17)30-22)25(35)33-14-27(12-16(33)13-29)18-6-3-4-8-21(18)32-26(27)36/h3-9,11,15-16,23,30H,10,12,14H2,1-2H3,(H,31,34)(H,32,36)/t16-,23-,27-/m0/s1. The number of aromatic nitrogens is 1. The summed E-state index contributed by atoms with van der Waals surface area (Å²) in [7, 11) is 0. The molecule has 0 saturated carbocycles. The smallest absolute Gasteiger partial charge is 0.268 e. The summed E-state index contributed by atoms with van der Waals surface area (Å²) in [6.07, 6.45) is 0.519. The van der Waals surface area contributed by atoms with Gasteiger partial charge in [0.1, 0.15) is 23.6 Å². The highest BCUT2D eigenvalue weighted by molar-refractivity contribution is 6.07. The number of likely N-dealkylation sites (tertiary alicyclic amines) is 1. The Hall–Kier alpha value is -4.19. The largest absolute Gasteiger partial charge is 0.350 e. The van der Waals surface area contributed by atoms with Crippen LogP contribution in [0.15, 0.2) is 48.5 Å². The van der Waals surface area contributed by atoms with Gasteiger partial charge in [0.15, 0.2) is 0 Å². The zero-order valence-electron chi connectivity index (χ0n) is 20.0. The number of anilines is 1. The summed E-state index contributed by atoms with van der Waals surface area (Å²) in [5, 5.41) is 15.8. The van der Waals surface area contributed by atoms with E-state index in [1.165, 1.54) is 17.0 Å². The highest BCUT2D eigenvalue weighted by Crippen LogP contribution is 2.46. The van der Waals surface area contributed by atoms with Crippen LogP contribution in [-0.2, 0) is 15.0 Å². The number of halogens is 1. The Morgan fingerprint density at radius 3 is 2.75 bits per heavy atom. The van der Waals surface area contributed by atoms with Crippen LogP contribution < -0.4 is 10.6 Å². The highest BCUT2D eigenvalue weighted by atomic mass is 19.1. The topological polar surface area (TPSA) is 118 Å². The van der Waals surface area contributed by atoms with E-state index in [0.717, 1.165) is 5.56 Å². The molecule has 3 amide bonds. The number of nitrogens with one attached hydrogen (secondary N) is 3. The van der Waals surface area contributed by atoms with E-state index in [1.807, 2.05) is 32.0 Å². The number of fused-ring (bicyclic) bond motifs is 3. The molecule has 3 heterocycles. The quantitative estimate of drug-likeness (QED) is 0.511. The third kappa shape index (κ3) is 3.79. The summed E-state index contributed by atoms with van der Waals surface area (Å²) in [5.74, 6) is -1.58. The first-order chi connectivity index (χ1) is 17.2. The van der Waals surface area contributed by atoms with Crippen LogP contribution >= 0.6 is 0 Å². The Morgan fingerprint density at radius 2 is 2.03 bits per heavy atom. The number of rotatable bonds is 5. The number of nitrogens with zero attached hydrogens (tertiary/aromatic N) is 2. The van der Waals surface area contributed by atoms with Crippen molar-refractivity contribution in [1.29, 1.82) is 5.26 Å². The first-order valence-corrected chi connectivity index (χ1v) is 11.9. The van der Waals surface area contributed by atoms with Crippen LogP contribution in [0, 0.1) is 23.1 Å². The molecule has 3 atom stereocenters. The molecule has 9 heteroatoms. The minimum Gasteiger partial charge on any atom is -0.350 e. The summed E-state index contributed by atoms with van der Waals surface area (Å²) in [4.78, 5) is 44.2. The number of para-hydroxylation sites is 1. The molecule has 2 aromatic carbocycles. The predicted molar refractivity (Wildman–Crippen MR) is 131 cm³/mol. The van der Waals surface area contributed by atoms with Crippen molar-refractivity contribution in [2.45, 2.75) is 44.2 Å². The summed E-state index contributed by atoms with van der Waals surface area (Å²) in [5.41, 5.74) is 1.06. The molecule has 8 nitrogen and oxygen atoms in total. The number of amides is 3. The molecule has 3 aromatic rings. The molecule has 1 spiro atoms. The van der Waals surface area contributed by atoms with Crippen LogP contribution in [0.5, 0.6) is 0 Å². The lowest BCUT2D eigenvalue weighted by Gasteiger charge is -2.28. The van der Waals surface area contributed by atoms with E-state index < -0.39 is 35.1 Å². The maximum atomic E-state index is 14.1. The Morgan fingerprint density at radius 1 is 1.25 bits per heavy atom. The van der Waals surface area contributed by atoms with Gasteiger partial charge in [-0.1, -0.05) is 38.1 Å². The van der Waals surface area contributed by atoms with Crippen LogP contribution in [0.25, 0.3) is 10.9 Å². The molecule has 2 aliphatic heterocycles. The Labute approximate surface area is 207 Å². The van der Waals surface area contributed by atoms with Gasteiger partial charge in [-0.05, 0) is 42.2 Å². The molecule has 5 rings (SSSR count). The molecule has 0 bridgehead atoms. The van der Waals surface area contributed by atoms with E-state index in [1.54, 1.807) is 18.2 Å². The van der Waals surface area contributed by atoms with Gasteiger partial charge in [-0.2, -0.15) is 5.26 Å². The SMILES string of the molecule is CC(C)C[C@H](NC(=O)c1cc2c(F)cccc2[nH]1)C(=O)N1C[C@]2(C[C@H]1C#N)C(=O)Nc1ccccc12. The van der Waals surface area contributed by atoms with E-state index in [4.69, 9.17) is 0 Å². The zero-order chi connectivity index (χ0) is 25.6. The minimum absolute atomic E-state index is 0.0506. The average molecular weight is 488 g/mol. The Kier molecular flexibility index (Phi) is 5.75. The molecule has 1 fully saturated rings. The number of aromatic amines is 1. The van der Waals surface area contributed by atoms with E-state index in [9.17, 15) is 24.0 Å². The third-order valence-corrected chi connectivity index (χ3v) is 7.08. The van der Waals surface area contributed by atoms with Gasteiger partial charge in [0.25, 0.3) is 5.91 Å². The van der Waals surface area contributed by atoms with Gasteiger partial charge >= 0.3 is 0 Å². The first-order valence-electron chi connectivity index (χ1n) is 11.9. The van der Waals surface area contributed by atoms with Crippen LogP contribution in [0.3, 0.4) is 0 Å². The molecule has 1 aromatic heterocycles. The van der Waals surface area contributed by atoms with Crippen molar-refractivity contribution in [2.24, 2.45) is 5.92 Å². The number of nitriles is 1. The van der Waals surface area contributed by atoms with Gasteiger partial charge in [0.2, 0.25) is 11.8 Å². The fourth-order valence-electron chi connectivity index (χ4n) is 5.36. The number of hydrogen-bond donors (Lipinski definition) is 3. The fraction of sp³-hybridized carbons (Fsp3) is 0.333. The normalized spacial score (nSPS) is 21.5. The monoisotopic (exact) mass is 487 g/mol. The third-order valence-electron chi connectivity index (χ3n) is 7.08. The van der Waals surface area contributed by atoms with Crippen molar-refractivity contribution < 1.29 is 18.8 Å². The van der Waals surface area contributed by atoms with Gasteiger partial charge in [-0.15, -0.1) is 0 Å². The number of carbonyl (C=O) groups excluding carboxylic acids is 3. The molecule has 0 unspecified atom stereocenters. The molecule has 36 heavy (non-hydrogen) atoms. The van der Waals surface area contributed by atoms with E-state index >= 15 is 0 Å². The maximum absolute atomic E-state index is 14.1. The summed E-state index contributed by atoms with van der Waals surface area (Å²) < 4.78 is 14.1. The second kappa shape index (κ2) is 8.79. The van der Waals surface area contributed by atoms with Crippen LogP contribution in [0.1, 0.15) is 42.7 Å². The molecule has 2 aliphatic rings. The van der Waals surface area contributed by atoms with Gasteiger partial charge in [0, 0.05) is 29.6 Å². The van der Waals surface area contributed by atoms with Crippen molar-refractivity contribution in [3.63, 3.8) is 0 Å². The lowest BCUT2D eigenvalue weighted by Crippen LogP contribution is -2.51. The summed E-state index contributed by atoms with van der Waals surface area (Å²) >= 11 is 0. The summed E-state index contributed by atoms with van der Waals surface area (Å²) in [6, 6.07) is 13.7. The number of carbonyl (C=O) groups is 3. The van der Waals surface area contributed by atoms with E-state index in [-0.39, 0.29) is 35.9 Å². The van der Waals surface area contributed by atoms with Crippen molar-refractivity contribution in [3.8, 4) is 6.07 Å². The summed E-state index contributed by atoms with van der Waals surface area (Å²) in [6.45, 7) is 3.91. The second-order valence-electron chi connectivity index (χ2n) is 9.94. The number of benzene rings is 2. The van der Waals surface area contributed by atoms with E-state index in [2.05, 4.69) is 21.7 Å². The lowest BCUT2D eigenvalue weighted by atomic mass is 9.80. The molecular weight excluding hydrogens is 461 g/mol. The Bertz CT molecular complexity index is 1420. The van der Waals surface area contributed by atoms with Gasteiger partial charge < -0.3 is 20.5 Å². The fourth-order valence-corrected chi connectivity index (χ4v) is 5.36. The lowest BCUT2D eigenvalue weighted by molar-refractivity contribution is -0.134. The maximum Gasteiger partial charge on any atom is 0.268 e. The first kappa shape index (κ1) is 23.5. The molecule has 0 aliphatic carbocycles.